The largest absolute Gasteiger partial charge is 0.340 e. The van der Waals surface area contributed by atoms with Crippen LogP contribution < -0.4 is 10.5 Å². The van der Waals surface area contributed by atoms with Crippen LogP contribution in [0.3, 0.4) is 0 Å². The Balaban J connectivity index is 2.50. The van der Waals surface area contributed by atoms with Crippen molar-refractivity contribution in [3.05, 3.63) is 0 Å². The number of amides is 1. The molecule has 16 heavy (non-hydrogen) atoms. The summed E-state index contributed by atoms with van der Waals surface area (Å²) in [4.78, 5) is 13.4. The summed E-state index contributed by atoms with van der Waals surface area (Å²) in [7, 11) is -3.49. The molecule has 7 heteroatoms. The fourth-order valence-electron chi connectivity index (χ4n) is 1.84. The van der Waals surface area contributed by atoms with E-state index in [1.807, 2.05) is 6.92 Å². The van der Waals surface area contributed by atoms with Crippen molar-refractivity contribution in [1.82, 2.24) is 10.2 Å². The van der Waals surface area contributed by atoms with Crippen LogP contribution in [-0.2, 0) is 14.8 Å². The van der Waals surface area contributed by atoms with Gasteiger partial charge in [0, 0.05) is 13.1 Å². The van der Waals surface area contributed by atoms with Crippen molar-refractivity contribution in [1.29, 1.82) is 0 Å². The number of nitrogens with two attached hydrogens (primary N) is 1. The summed E-state index contributed by atoms with van der Waals surface area (Å²) in [6, 6.07) is -0.167. The van der Waals surface area contributed by atoms with Crippen molar-refractivity contribution in [2.45, 2.75) is 25.8 Å². The molecule has 1 aliphatic rings. The van der Waals surface area contributed by atoms with Gasteiger partial charge in [0.2, 0.25) is 15.9 Å². The second-order valence-electron chi connectivity index (χ2n) is 3.94. The molecule has 94 valence electrons. The zero-order valence-electron chi connectivity index (χ0n) is 9.48. The maximum Gasteiger partial charge on any atom is 0.239 e. The van der Waals surface area contributed by atoms with Gasteiger partial charge in [-0.1, -0.05) is 6.92 Å². The number of hydrogen-bond donors (Lipinski definition) is 2. The van der Waals surface area contributed by atoms with Crippen molar-refractivity contribution >= 4 is 15.9 Å². The molecule has 1 atom stereocenters. The molecule has 1 saturated heterocycles. The van der Waals surface area contributed by atoms with Crippen LogP contribution in [0.1, 0.15) is 19.8 Å². The molecule has 0 spiro atoms. The van der Waals surface area contributed by atoms with E-state index in [9.17, 15) is 13.2 Å². The Hall–Kier alpha value is -0.660. The molecule has 1 amide bonds. The molecule has 1 rings (SSSR count). The van der Waals surface area contributed by atoms with Gasteiger partial charge in [-0.2, -0.15) is 0 Å². The Labute approximate surface area is 96.2 Å². The van der Waals surface area contributed by atoms with Crippen molar-refractivity contribution in [2.24, 2.45) is 5.14 Å². The first-order valence-electron chi connectivity index (χ1n) is 5.46. The summed E-state index contributed by atoms with van der Waals surface area (Å²) >= 11 is 0. The number of likely N-dealkylation sites (tertiary alicyclic amines) is 1. The first-order valence-corrected chi connectivity index (χ1v) is 7.18. The highest BCUT2D eigenvalue weighted by Crippen LogP contribution is 2.11. The molecule has 1 unspecified atom stereocenters. The molecule has 0 saturated carbocycles. The van der Waals surface area contributed by atoms with E-state index in [1.54, 1.807) is 4.90 Å². The fraction of sp³-hybridized carbons (Fsp3) is 0.889. The van der Waals surface area contributed by atoms with Gasteiger partial charge in [-0.3, -0.25) is 4.79 Å². The van der Waals surface area contributed by atoms with Crippen LogP contribution in [-0.4, -0.2) is 50.7 Å². The van der Waals surface area contributed by atoms with E-state index in [1.165, 1.54) is 0 Å². The minimum atomic E-state index is -3.49. The molecule has 6 nitrogen and oxygen atoms in total. The van der Waals surface area contributed by atoms with E-state index >= 15 is 0 Å². The van der Waals surface area contributed by atoms with Crippen LogP contribution in [0.15, 0.2) is 0 Å². The second kappa shape index (κ2) is 5.60. The lowest BCUT2D eigenvalue weighted by Crippen LogP contribution is -2.51. The number of hydrogen-bond acceptors (Lipinski definition) is 4. The highest BCUT2D eigenvalue weighted by Gasteiger charge is 2.28. The second-order valence-corrected chi connectivity index (χ2v) is 5.68. The summed E-state index contributed by atoms with van der Waals surface area (Å²) in [5, 5.41) is 8.00. The molecule has 0 aromatic heterocycles. The van der Waals surface area contributed by atoms with E-state index in [2.05, 4.69) is 5.32 Å². The third kappa shape index (κ3) is 4.07. The van der Waals surface area contributed by atoms with E-state index in [-0.39, 0.29) is 24.2 Å². The van der Waals surface area contributed by atoms with Gasteiger partial charge >= 0.3 is 0 Å². The molecule has 0 aromatic rings. The van der Waals surface area contributed by atoms with Crippen molar-refractivity contribution in [3.8, 4) is 0 Å². The SMILES string of the molecule is CCNC1CCCN(CCS(N)(=O)=O)C1=O. The van der Waals surface area contributed by atoms with E-state index in [0.717, 1.165) is 19.4 Å². The van der Waals surface area contributed by atoms with Gasteiger partial charge in [0.05, 0.1) is 11.8 Å². The normalized spacial score (nSPS) is 22.5. The number of nitrogens with zero attached hydrogens (tertiary/aromatic N) is 1. The summed E-state index contributed by atoms with van der Waals surface area (Å²) in [5.74, 6) is -0.186. The quantitative estimate of drug-likeness (QED) is 0.645. The zero-order chi connectivity index (χ0) is 12.2. The van der Waals surface area contributed by atoms with Gasteiger partial charge in [-0.25, -0.2) is 13.6 Å². The summed E-state index contributed by atoms with van der Waals surface area (Å²) in [6.45, 7) is 3.49. The lowest BCUT2D eigenvalue weighted by atomic mass is 10.1. The van der Waals surface area contributed by atoms with Crippen LogP contribution >= 0.6 is 0 Å². The molecular weight excluding hydrogens is 230 g/mol. The summed E-state index contributed by atoms with van der Waals surface area (Å²) in [5.41, 5.74) is 0. The van der Waals surface area contributed by atoms with Crippen molar-refractivity contribution in [3.63, 3.8) is 0 Å². The lowest BCUT2D eigenvalue weighted by molar-refractivity contribution is -0.135. The van der Waals surface area contributed by atoms with Crippen molar-refractivity contribution in [2.75, 3.05) is 25.4 Å². The van der Waals surface area contributed by atoms with E-state index < -0.39 is 10.0 Å². The highest BCUT2D eigenvalue weighted by atomic mass is 32.2. The number of primary sulfonamides is 1. The van der Waals surface area contributed by atoms with Gasteiger partial charge in [0.15, 0.2) is 0 Å². The standard InChI is InChI=1S/C9H19N3O3S/c1-2-11-8-4-3-5-12(9(8)13)6-7-16(10,14)15/h8,11H,2-7H2,1H3,(H2,10,14,15). The Bertz CT molecular complexity index is 340. The Morgan fingerprint density at radius 3 is 2.81 bits per heavy atom. The number of nitrogens with one attached hydrogen (secondary N) is 1. The van der Waals surface area contributed by atoms with E-state index in [4.69, 9.17) is 5.14 Å². The van der Waals surface area contributed by atoms with Crippen LogP contribution in [0.4, 0.5) is 0 Å². The molecule has 0 aromatic carbocycles. The minimum Gasteiger partial charge on any atom is -0.340 e. The molecule has 0 radical (unpaired) electrons. The maximum atomic E-state index is 11.9. The molecular formula is C9H19N3O3S. The average Bonchev–Trinajstić information content (AvgIpc) is 2.18. The van der Waals surface area contributed by atoms with E-state index in [0.29, 0.717) is 6.54 Å². The third-order valence-corrected chi connectivity index (χ3v) is 3.38. The zero-order valence-corrected chi connectivity index (χ0v) is 10.3. The predicted molar refractivity (Wildman–Crippen MR) is 61.3 cm³/mol. The summed E-state index contributed by atoms with van der Waals surface area (Å²) < 4.78 is 21.6. The van der Waals surface area contributed by atoms with Crippen LogP contribution in [0.2, 0.25) is 0 Å². The smallest absolute Gasteiger partial charge is 0.239 e. The first-order chi connectivity index (χ1) is 7.44. The third-order valence-electron chi connectivity index (χ3n) is 2.63. The Morgan fingerprint density at radius 1 is 1.56 bits per heavy atom. The van der Waals surface area contributed by atoms with Crippen LogP contribution in [0, 0.1) is 0 Å². The summed E-state index contributed by atoms with van der Waals surface area (Å²) in [6.07, 6.45) is 1.71. The monoisotopic (exact) mass is 249 g/mol. The Kier molecular flexibility index (Phi) is 4.69. The lowest BCUT2D eigenvalue weighted by Gasteiger charge is -2.32. The number of sulfonamides is 1. The maximum absolute atomic E-state index is 11.9. The molecule has 0 aliphatic carbocycles. The topological polar surface area (TPSA) is 92.5 Å². The molecule has 0 bridgehead atoms. The number of piperidine rings is 1. The molecule has 1 aliphatic heterocycles. The van der Waals surface area contributed by atoms with Gasteiger partial charge in [0.25, 0.3) is 0 Å². The highest BCUT2D eigenvalue weighted by molar-refractivity contribution is 7.89. The van der Waals surface area contributed by atoms with Crippen LogP contribution in [0.25, 0.3) is 0 Å². The predicted octanol–water partition coefficient (Wildman–Crippen LogP) is -1.12. The fourth-order valence-corrected chi connectivity index (χ4v) is 2.31. The number of likely N-dealkylation sites (N-methyl/N-ethyl adjacent to an activating group) is 1. The molecule has 1 heterocycles. The van der Waals surface area contributed by atoms with Gasteiger partial charge in [-0.15, -0.1) is 0 Å². The average molecular weight is 249 g/mol. The number of carbonyl (C=O) groups excluding carboxylic acids is 1. The van der Waals surface area contributed by atoms with Gasteiger partial charge in [-0.05, 0) is 19.4 Å². The van der Waals surface area contributed by atoms with Crippen molar-refractivity contribution < 1.29 is 13.2 Å². The van der Waals surface area contributed by atoms with Gasteiger partial charge < -0.3 is 10.2 Å². The minimum absolute atomic E-state index is 0.0169. The number of rotatable bonds is 5. The first kappa shape index (κ1) is 13.4. The molecule has 3 N–H and O–H groups in total. The van der Waals surface area contributed by atoms with Gasteiger partial charge in [0.1, 0.15) is 0 Å². The number of carbonyl (C=O) groups is 1. The Morgan fingerprint density at radius 2 is 2.25 bits per heavy atom. The van der Waals surface area contributed by atoms with Crippen LogP contribution in [0.5, 0.6) is 0 Å². The molecule has 1 fully saturated rings.